The molecule has 0 saturated carbocycles. The van der Waals surface area contributed by atoms with E-state index >= 15 is 0 Å². The van der Waals surface area contributed by atoms with Crippen LogP contribution in [0.4, 0.5) is 0 Å². The van der Waals surface area contributed by atoms with Gasteiger partial charge in [0.15, 0.2) is 5.75 Å². The van der Waals surface area contributed by atoms with Crippen molar-refractivity contribution in [3.8, 4) is 17.9 Å². The molecular formula is C16H8Cl2N2O2. The van der Waals surface area contributed by atoms with Gasteiger partial charge in [-0.3, -0.25) is 0 Å². The van der Waals surface area contributed by atoms with Gasteiger partial charge in [0, 0.05) is 0 Å². The van der Waals surface area contributed by atoms with Gasteiger partial charge in [-0.2, -0.15) is 10.5 Å². The summed E-state index contributed by atoms with van der Waals surface area (Å²) in [6.45, 7) is 1.57. The summed E-state index contributed by atoms with van der Waals surface area (Å²) in [7, 11) is 0. The number of rotatable bonds is 2. The minimum atomic E-state index is -0.692. The van der Waals surface area contributed by atoms with Crippen LogP contribution in [0.15, 0.2) is 30.3 Å². The molecule has 0 aliphatic carbocycles. The number of carbonyl (C=O) groups excluding carboxylic acids is 1. The lowest BCUT2D eigenvalue weighted by atomic mass is 10.0. The van der Waals surface area contributed by atoms with E-state index in [0.29, 0.717) is 5.56 Å². The molecule has 0 atom stereocenters. The van der Waals surface area contributed by atoms with Crippen LogP contribution in [0.3, 0.4) is 0 Å². The molecule has 0 aliphatic rings. The highest BCUT2D eigenvalue weighted by Crippen LogP contribution is 2.40. The minimum absolute atomic E-state index is 0.0350. The Morgan fingerprint density at radius 3 is 2.18 bits per heavy atom. The number of benzene rings is 2. The van der Waals surface area contributed by atoms with Crippen molar-refractivity contribution in [2.45, 2.75) is 6.92 Å². The van der Waals surface area contributed by atoms with Crippen LogP contribution in [0, 0.1) is 29.6 Å². The van der Waals surface area contributed by atoms with Crippen LogP contribution in [0.2, 0.25) is 10.0 Å². The summed E-state index contributed by atoms with van der Waals surface area (Å²) in [4.78, 5) is 12.1. The molecule has 0 saturated heterocycles. The molecule has 0 heterocycles. The number of carbonyl (C=O) groups is 1. The SMILES string of the molecule is Cc1c(Cl)c(Cl)c(OC(=O)c2ccccc2)c(C#N)c1C#N. The molecule has 0 unspecified atom stereocenters. The van der Waals surface area contributed by atoms with E-state index in [9.17, 15) is 15.3 Å². The Morgan fingerprint density at radius 1 is 1.05 bits per heavy atom. The first-order chi connectivity index (χ1) is 10.5. The number of esters is 1. The first kappa shape index (κ1) is 15.9. The average Bonchev–Trinajstić information content (AvgIpc) is 2.55. The molecule has 0 fully saturated rings. The number of hydrogen-bond acceptors (Lipinski definition) is 4. The van der Waals surface area contributed by atoms with E-state index in [0.717, 1.165) is 0 Å². The minimum Gasteiger partial charge on any atom is -0.420 e. The molecule has 0 aromatic heterocycles. The van der Waals surface area contributed by atoms with Crippen LogP contribution in [-0.4, -0.2) is 5.97 Å². The van der Waals surface area contributed by atoms with Gasteiger partial charge in [-0.05, 0) is 24.6 Å². The van der Waals surface area contributed by atoms with Crippen LogP contribution in [0.25, 0.3) is 0 Å². The summed E-state index contributed by atoms with van der Waals surface area (Å²) < 4.78 is 5.20. The van der Waals surface area contributed by atoms with E-state index in [2.05, 4.69) is 0 Å². The Hall–Kier alpha value is -2.53. The first-order valence-electron chi connectivity index (χ1n) is 6.10. The smallest absolute Gasteiger partial charge is 0.343 e. The summed E-state index contributed by atoms with van der Waals surface area (Å²) in [5.41, 5.74) is 0.578. The number of ether oxygens (including phenoxy) is 1. The molecule has 6 heteroatoms. The zero-order chi connectivity index (χ0) is 16.3. The van der Waals surface area contributed by atoms with Gasteiger partial charge in [-0.15, -0.1) is 0 Å². The standard InChI is InChI=1S/C16H8Cl2N2O2/c1-9-11(7-19)12(8-20)15(14(18)13(9)17)22-16(21)10-5-3-2-4-6-10/h2-6H,1H3. The Morgan fingerprint density at radius 2 is 1.64 bits per heavy atom. The maximum atomic E-state index is 12.1. The van der Waals surface area contributed by atoms with Gasteiger partial charge in [0.05, 0.1) is 16.1 Å². The normalized spacial score (nSPS) is 9.68. The Balaban J connectivity index is 2.57. The summed E-state index contributed by atoms with van der Waals surface area (Å²) in [5, 5.41) is 18.4. The Bertz CT molecular complexity index is 834. The van der Waals surface area contributed by atoms with E-state index in [1.807, 2.05) is 12.1 Å². The molecule has 0 aliphatic heterocycles. The van der Waals surface area contributed by atoms with Crippen LogP contribution in [-0.2, 0) is 0 Å². The zero-order valence-electron chi connectivity index (χ0n) is 11.4. The van der Waals surface area contributed by atoms with E-state index in [1.54, 1.807) is 37.3 Å². The molecule has 2 aromatic carbocycles. The number of hydrogen-bond donors (Lipinski definition) is 0. The number of nitrogens with zero attached hydrogens (tertiary/aromatic N) is 2. The summed E-state index contributed by atoms with van der Waals surface area (Å²) >= 11 is 12.1. The maximum absolute atomic E-state index is 12.1. The van der Waals surface area contributed by atoms with E-state index in [1.165, 1.54) is 0 Å². The van der Waals surface area contributed by atoms with Crippen molar-refractivity contribution >= 4 is 29.2 Å². The largest absolute Gasteiger partial charge is 0.420 e. The molecule has 108 valence electrons. The van der Waals surface area contributed by atoms with Gasteiger partial charge in [-0.25, -0.2) is 4.79 Å². The average molecular weight is 331 g/mol. The highest BCUT2D eigenvalue weighted by atomic mass is 35.5. The van der Waals surface area contributed by atoms with Gasteiger partial charge in [0.1, 0.15) is 22.7 Å². The van der Waals surface area contributed by atoms with Crippen LogP contribution < -0.4 is 4.74 Å². The van der Waals surface area contributed by atoms with Crippen molar-refractivity contribution in [1.29, 1.82) is 10.5 Å². The van der Waals surface area contributed by atoms with Crippen molar-refractivity contribution in [2.75, 3.05) is 0 Å². The molecule has 22 heavy (non-hydrogen) atoms. The second-order valence-corrected chi connectivity index (χ2v) is 5.07. The second kappa shape index (κ2) is 6.49. The van der Waals surface area contributed by atoms with Gasteiger partial charge in [0.2, 0.25) is 0 Å². The van der Waals surface area contributed by atoms with E-state index < -0.39 is 5.97 Å². The highest BCUT2D eigenvalue weighted by molar-refractivity contribution is 6.43. The van der Waals surface area contributed by atoms with Crippen molar-refractivity contribution < 1.29 is 9.53 Å². The summed E-state index contributed by atoms with van der Waals surface area (Å²) in [6, 6.07) is 11.9. The van der Waals surface area contributed by atoms with Crippen LogP contribution in [0.1, 0.15) is 27.0 Å². The van der Waals surface area contributed by atoms with E-state index in [4.69, 9.17) is 27.9 Å². The monoisotopic (exact) mass is 330 g/mol. The lowest BCUT2D eigenvalue weighted by molar-refractivity contribution is 0.0734. The number of nitriles is 2. The fourth-order valence-electron chi connectivity index (χ4n) is 1.85. The summed E-state index contributed by atoms with van der Waals surface area (Å²) in [5.74, 6) is -0.895. The van der Waals surface area contributed by atoms with Gasteiger partial charge >= 0.3 is 5.97 Å². The molecule has 2 aromatic rings. The molecular weight excluding hydrogens is 323 g/mol. The molecule has 0 spiro atoms. The predicted molar refractivity (Wildman–Crippen MR) is 82.0 cm³/mol. The molecule has 0 N–H and O–H groups in total. The van der Waals surface area contributed by atoms with Crippen molar-refractivity contribution in [3.05, 3.63) is 62.6 Å². The van der Waals surface area contributed by atoms with Gasteiger partial charge in [-0.1, -0.05) is 41.4 Å². The summed E-state index contributed by atoms with van der Waals surface area (Å²) in [6.07, 6.45) is 0. The third-order valence-corrected chi connectivity index (χ3v) is 3.93. The first-order valence-corrected chi connectivity index (χ1v) is 6.85. The van der Waals surface area contributed by atoms with Gasteiger partial charge in [0.25, 0.3) is 0 Å². The van der Waals surface area contributed by atoms with Crippen LogP contribution in [0.5, 0.6) is 5.75 Å². The Kier molecular flexibility index (Phi) is 4.68. The molecule has 0 radical (unpaired) electrons. The van der Waals surface area contributed by atoms with Gasteiger partial charge < -0.3 is 4.74 Å². The fraction of sp³-hybridized carbons (Fsp3) is 0.0625. The zero-order valence-corrected chi connectivity index (χ0v) is 12.9. The highest BCUT2D eigenvalue weighted by Gasteiger charge is 2.23. The third-order valence-electron chi connectivity index (χ3n) is 3.00. The topological polar surface area (TPSA) is 73.9 Å². The second-order valence-electron chi connectivity index (χ2n) is 4.31. The van der Waals surface area contributed by atoms with Crippen molar-refractivity contribution in [3.63, 3.8) is 0 Å². The lowest BCUT2D eigenvalue weighted by Gasteiger charge is -2.13. The Labute approximate surface area is 137 Å². The number of halogens is 2. The molecule has 2 rings (SSSR count). The quantitative estimate of drug-likeness (QED) is 0.608. The molecule has 0 bridgehead atoms. The maximum Gasteiger partial charge on any atom is 0.343 e. The predicted octanol–water partition coefficient (Wildman–Crippen LogP) is 4.26. The van der Waals surface area contributed by atoms with Crippen molar-refractivity contribution in [2.24, 2.45) is 0 Å². The van der Waals surface area contributed by atoms with Crippen LogP contribution >= 0.6 is 23.2 Å². The molecule has 4 nitrogen and oxygen atoms in total. The molecule has 0 amide bonds. The van der Waals surface area contributed by atoms with E-state index in [-0.39, 0.29) is 32.5 Å². The van der Waals surface area contributed by atoms with Crippen molar-refractivity contribution in [1.82, 2.24) is 0 Å². The lowest BCUT2D eigenvalue weighted by Crippen LogP contribution is -2.11. The third kappa shape index (κ3) is 2.76. The fourth-order valence-corrected chi connectivity index (χ4v) is 2.31.